The van der Waals surface area contributed by atoms with Crippen molar-refractivity contribution in [3.05, 3.63) is 74.5 Å². The van der Waals surface area contributed by atoms with Crippen LogP contribution in [0.4, 0.5) is 0 Å². The average molecular weight is 506 g/mol. The Labute approximate surface area is 214 Å². The zero-order chi connectivity index (χ0) is 24.5. The van der Waals surface area contributed by atoms with Gasteiger partial charge in [0, 0.05) is 12.2 Å². The highest BCUT2D eigenvalue weighted by atomic mass is 32.2. The number of thioether (sulfide) groups is 1. The fourth-order valence-corrected chi connectivity index (χ4v) is 6.05. The number of pyridine rings is 1. The zero-order valence-corrected chi connectivity index (χ0v) is 21.5. The number of rotatable bonds is 5. The van der Waals surface area contributed by atoms with Gasteiger partial charge in [-0.25, -0.2) is 0 Å². The first-order valence-corrected chi connectivity index (χ1v) is 13.2. The summed E-state index contributed by atoms with van der Waals surface area (Å²) < 4.78 is 8.18. The van der Waals surface area contributed by atoms with Gasteiger partial charge in [0.05, 0.1) is 4.91 Å². The number of amides is 1. The summed E-state index contributed by atoms with van der Waals surface area (Å²) in [6, 6.07) is 11.6. The molecule has 1 saturated carbocycles. The third-order valence-electron chi connectivity index (χ3n) is 6.63. The quantitative estimate of drug-likeness (QED) is 0.318. The molecule has 0 atom stereocenters. The molecule has 8 heteroatoms. The molecular weight excluding hydrogens is 478 g/mol. The summed E-state index contributed by atoms with van der Waals surface area (Å²) in [6.07, 6.45) is 9.52. The van der Waals surface area contributed by atoms with Crippen LogP contribution in [0, 0.1) is 6.92 Å². The van der Waals surface area contributed by atoms with Gasteiger partial charge in [0.25, 0.3) is 11.5 Å². The van der Waals surface area contributed by atoms with Crippen molar-refractivity contribution in [3.8, 4) is 11.6 Å². The summed E-state index contributed by atoms with van der Waals surface area (Å²) in [6.45, 7) is 3.99. The average Bonchev–Trinajstić information content (AvgIpc) is 3.15. The molecule has 1 aliphatic carbocycles. The summed E-state index contributed by atoms with van der Waals surface area (Å²) >= 11 is 6.82. The van der Waals surface area contributed by atoms with Crippen LogP contribution in [0.5, 0.6) is 11.6 Å². The largest absolute Gasteiger partial charge is 0.438 e. The van der Waals surface area contributed by atoms with E-state index in [4.69, 9.17) is 21.9 Å². The fraction of sp³-hybridized carbons (Fsp3) is 0.333. The SMILES string of the molecule is CCc1ccc(Oc2nc3c(C)cccn3c(=O)c2/C=C2/SC(=S)N(C3CCCCC3)C2=O)cc1. The molecule has 5 rings (SSSR count). The molecule has 1 saturated heterocycles. The van der Waals surface area contributed by atoms with Crippen LogP contribution >= 0.6 is 24.0 Å². The predicted octanol–water partition coefficient (Wildman–Crippen LogP) is 5.89. The molecule has 1 amide bonds. The summed E-state index contributed by atoms with van der Waals surface area (Å²) in [7, 11) is 0. The van der Waals surface area contributed by atoms with Gasteiger partial charge >= 0.3 is 0 Å². The van der Waals surface area contributed by atoms with Gasteiger partial charge in [-0.1, -0.05) is 68.4 Å². The Balaban J connectivity index is 1.59. The van der Waals surface area contributed by atoms with Gasteiger partial charge in [0.15, 0.2) is 0 Å². The summed E-state index contributed by atoms with van der Waals surface area (Å²) in [5.41, 5.74) is 2.50. The topological polar surface area (TPSA) is 63.9 Å². The number of carbonyl (C=O) groups excluding carboxylic acids is 1. The molecule has 6 nitrogen and oxygen atoms in total. The second-order valence-electron chi connectivity index (χ2n) is 8.96. The van der Waals surface area contributed by atoms with Crippen LogP contribution in [0.2, 0.25) is 0 Å². The number of aromatic nitrogens is 2. The van der Waals surface area contributed by atoms with Crippen molar-refractivity contribution in [2.24, 2.45) is 0 Å². The lowest BCUT2D eigenvalue weighted by Gasteiger charge is -2.29. The molecule has 0 bridgehead atoms. The molecule has 3 aromatic rings. The van der Waals surface area contributed by atoms with Gasteiger partial charge in [-0.3, -0.25) is 18.9 Å². The number of carbonyl (C=O) groups is 1. The van der Waals surface area contributed by atoms with E-state index in [1.807, 2.05) is 43.3 Å². The van der Waals surface area contributed by atoms with Gasteiger partial charge in [-0.05, 0) is 61.6 Å². The molecule has 35 heavy (non-hydrogen) atoms. The smallest absolute Gasteiger partial charge is 0.269 e. The Morgan fingerprint density at radius 2 is 1.89 bits per heavy atom. The van der Waals surface area contributed by atoms with Gasteiger partial charge in [-0.2, -0.15) is 4.98 Å². The number of ether oxygens (including phenoxy) is 1. The maximum Gasteiger partial charge on any atom is 0.269 e. The van der Waals surface area contributed by atoms with Crippen LogP contribution < -0.4 is 10.3 Å². The van der Waals surface area contributed by atoms with E-state index in [0.717, 1.165) is 37.7 Å². The number of aryl methyl sites for hydroxylation is 2. The number of fused-ring (bicyclic) bond motifs is 1. The van der Waals surface area contributed by atoms with Crippen LogP contribution in [-0.2, 0) is 11.2 Å². The Kier molecular flexibility index (Phi) is 6.75. The first-order chi connectivity index (χ1) is 17.0. The Hall–Kier alpha value is -2.97. The number of benzene rings is 1. The van der Waals surface area contributed by atoms with E-state index in [1.54, 1.807) is 17.2 Å². The highest BCUT2D eigenvalue weighted by Crippen LogP contribution is 2.38. The maximum absolute atomic E-state index is 13.6. The molecule has 3 heterocycles. The minimum Gasteiger partial charge on any atom is -0.438 e. The molecule has 2 aliphatic rings. The number of hydrogen-bond donors (Lipinski definition) is 0. The van der Waals surface area contributed by atoms with E-state index in [2.05, 4.69) is 6.92 Å². The summed E-state index contributed by atoms with van der Waals surface area (Å²) in [5.74, 6) is 0.617. The predicted molar refractivity (Wildman–Crippen MR) is 144 cm³/mol. The maximum atomic E-state index is 13.6. The van der Waals surface area contributed by atoms with E-state index < -0.39 is 0 Å². The molecule has 180 valence electrons. The molecule has 2 fully saturated rings. The van der Waals surface area contributed by atoms with Crippen molar-refractivity contribution in [1.82, 2.24) is 14.3 Å². The second-order valence-corrected chi connectivity index (χ2v) is 10.6. The van der Waals surface area contributed by atoms with Gasteiger partial charge in [0.2, 0.25) is 5.88 Å². The van der Waals surface area contributed by atoms with Crippen LogP contribution in [-0.4, -0.2) is 30.6 Å². The van der Waals surface area contributed by atoms with Crippen LogP contribution in [0.3, 0.4) is 0 Å². The van der Waals surface area contributed by atoms with Crippen molar-refractivity contribution >= 4 is 45.9 Å². The minimum absolute atomic E-state index is 0.133. The Morgan fingerprint density at radius 1 is 1.14 bits per heavy atom. The van der Waals surface area contributed by atoms with Crippen molar-refractivity contribution in [1.29, 1.82) is 0 Å². The van der Waals surface area contributed by atoms with Crippen LogP contribution in [0.1, 0.15) is 55.7 Å². The van der Waals surface area contributed by atoms with Crippen LogP contribution in [0.15, 0.2) is 52.3 Å². The molecule has 0 unspecified atom stereocenters. The lowest BCUT2D eigenvalue weighted by atomic mass is 9.94. The van der Waals surface area contributed by atoms with E-state index in [9.17, 15) is 9.59 Å². The van der Waals surface area contributed by atoms with E-state index in [0.29, 0.717) is 20.6 Å². The molecule has 1 aromatic carbocycles. The van der Waals surface area contributed by atoms with Crippen molar-refractivity contribution < 1.29 is 9.53 Å². The van der Waals surface area contributed by atoms with E-state index >= 15 is 0 Å². The first-order valence-electron chi connectivity index (χ1n) is 12.0. The normalized spacial score (nSPS) is 18.1. The van der Waals surface area contributed by atoms with Crippen molar-refractivity contribution in [3.63, 3.8) is 0 Å². The monoisotopic (exact) mass is 505 g/mol. The van der Waals surface area contributed by atoms with Crippen LogP contribution in [0.25, 0.3) is 11.7 Å². The van der Waals surface area contributed by atoms with E-state index in [1.165, 1.54) is 28.1 Å². The zero-order valence-electron chi connectivity index (χ0n) is 19.8. The standard InChI is InChI=1S/C27H27N3O3S2/c1-3-18-11-13-20(14-12-18)33-24-21(25(31)29-15-7-8-17(2)23(29)28-24)16-22-26(32)30(27(34)35-22)19-9-5-4-6-10-19/h7-8,11-16,19H,3-6,9-10H2,1-2H3/b22-16+. The van der Waals surface area contributed by atoms with E-state index in [-0.39, 0.29) is 29.0 Å². The summed E-state index contributed by atoms with van der Waals surface area (Å²) in [5, 5.41) is 0. The fourth-order valence-electron chi connectivity index (χ4n) is 4.66. The van der Waals surface area contributed by atoms with Gasteiger partial charge in [-0.15, -0.1) is 0 Å². The second kappa shape index (κ2) is 9.95. The molecule has 0 N–H and O–H groups in total. The molecule has 0 radical (unpaired) electrons. The lowest BCUT2D eigenvalue weighted by molar-refractivity contribution is -0.124. The summed E-state index contributed by atoms with van der Waals surface area (Å²) in [4.78, 5) is 33.8. The number of thiocarbonyl (C=S) groups is 1. The van der Waals surface area contributed by atoms with Gasteiger partial charge < -0.3 is 4.74 Å². The number of hydrogen-bond acceptors (Lipinski definition) is 6. The van der Waals surface area contributed by atoms with Crippen molar-refractivity contribution in [2.75, 3.05) is 0 Å². The molecule has 2 aromatic heterocycles. The van der Waals surface area contributed by atoms with Gasteiger partial charge in [0.1, 0.15) is 21.3 Å². The number of nitrogens with zero attached hydrogens (tertiary/aromatic N) is 3. The Bertz CT molecular complexity index is 1390. The first kappa shape index (κ1) is 23.8. The Morgan fingerprint density at radius 3 is 2.60 bits per heavy atom. The lowest BCUT2D eigenvalue weighted by Crippen LogP contribution is -2.39. The minimum atomic E-state index is -0.290. The molecule has 0 spiro atoms. The van der Waals surface area contributed by atoms with Crippen molar-refractivity contribution in [2.45, 2.75) is 58.4 Å². The molecular formula is C27H27N3O3S2. The third kappa shape index (κ3) is 4.65. The highest BCUT2D eigenvalue weighted by molar-refractivity contribution is 8.26. The highest BCUT2D eigenvalue weighted by Gasteiger charge is 2.38. The third-order valence-corrected chi connectivity index (χ3v) is 7.96. The molecule has 1 aliphatic heterocycles.